The van der Waals surface area contributed by atoms with Gasteiger partial charge >= 0.3 is 0 Å². The molecule has 136 valence electrons. The molecule has 1 heterocycles. The Labute approximate surface area is 160 Å². The fraction of sp³-hybridized carbons (Fsp3) is 0.500. The Bertz CT molecular complexity index is 833. The number of carbonyl (C=O) groups excluding carboxylic acids is 1. The van der Waals surface area contributed by atoms with Gasteiger partial charge in [-0.25, -0.2) is 4.98 Å². The minimum atomic E-state index is -0.333. The maximum Gasteiger partial charge on any atom is 0.262 e. The highest BCUT2D eigenvalue weighted by molar-refractivity contribution is 9.10. The summed E-state index contributed by atoms with van der Waals surface area (Å²) in [4.78, 5) is 29.8. The van der Waals surface area contributed by atoms with Crippen molar-refractivity contribution in [2.24, 2.45) is 5.92 Å². The molecule has 0 spiro atoms. The Morgan fingerprint density at radius 2 is 1.96 bits per heavy atom. The second-order valence-corrected chi connectivity index (χ2v) is 9.01. The Morgan fingerprint density at radius 1 is 1.28 bits per heavy atom. The number of benzene rings is 1. The van der Waals surface area contributed by atoms with Crippen LogP contribution in [0, 0.1) is 5.92 Å². The van der Waals surface area contributed by atoms with Gasteiger partial charge in [-0.05, 0) is 44.9 Å². The number of nitrogens with one attached hydrogen (secondary N) is 1. The van der Waals surface area contributed by atoms with Crippen LogP contribution in [0.4, 0.5) is 0 Å². The third-order valence-corrected chi connectivity index (χ3v) is 5.09. The van der Waals surface area contributed by atoms with Gasteiger partial charge in [0.1, 0.15) is 0 Å². The predicted molar refractivity (Wildman–Crippen MR) is 107 cm³/mol. The number of fused-ring (bicyclic) bond motifs is 1. The van der Waals surface area contributed by atoms with Gasteiger partial charge < -0.3 is 5.32 Å². The van der Waals surface area contributed by atoms with E-state index in [0.29, 0.717) is 28.5 Å². The lowest BCUT2D eigenvalue weighted by Crippen LogP contribution is -2.36. The largest absolute Gasteiger partial charge is 0.353 e. The van der Waals surface area contributed by atoms with Gasteiger partial charge in [-0.15, -0.1) is 0 Å². The summed E-state index contributed by atoms with van der Waals surface area (Å²) in [6.45, 7) is 10.4. The second kappa shape index (κ2) is 8.36. The highest BCUT2D eigenvalue weighted by Gasteiger charge is 2.20. The van der Waals surface area contributed by atoms with E-state index in [9.17, 15) is 9.59 Å². The molecule has 0 aliphatic carbocycles. The summed E-state index contributed by atoms with van der Waals surface area (Å²) < 4.78 is 2.53. The van der Waals surface area contributed by atoms with Crippen LogP contribution in [0.15, 0.2) is 32.6 Å². The van der Waals surface area contributed by atoms with Crippen molar-refractivity contribution in [2.45, 2.75) is 57.6 Å². The fourth-order valence-corrected chi connectivity index (χ4v) is 3.69. The van der Waals surface area contributed by atoms with Crippen LogP contribution in [0.25, 0.3) is 10.9 Å². The van der Waals surface area contributed by atoms with Crippen LogP contribution in [0.5, 0.6) is 0 Å². The van der Waals surface area contributed by atoms with Crippen LogP contribution in [0.1, 0.15) is 34.6 Å². The van der Waals surface area contributed by atoms with Gasteiger partial charge in [-0.2, -0.15) is 0 Å². The summed E-state index contributed by atoms with van der Waals surface area (Å²) in [6, 6.07) is 5.56. The molecule has 0 radical (unpaired) electrons. The molecule has 0 aliphatic rings. The zero-order chi connectivity index (χ0) is 18.7. The molecule has 0 saturated carbocycles. The van der Waals surface area contributed by atoms with Crippen molar-refractivity contribution in [3.63, 3.8) is 0 Å². The maximum atomic E-state index is 13.0. The third kappa shape index (κ3) is 5.07. The van der Waals surface area contributed by atoms with Crippen LogP contribution in [-0.2, 0) is 11.3 Å². The van der Waals surface area contributed by atoms with E-state index in [2.05, 4.69) is 40.1 Å². The molecule has 0 aliphatic heterocycles. The summed E-state index contributed by atoms with van der Waals surface area (Å²) in [5.74, 6) is 0.240. The smallest absolute Gasteiger partial charge is 0.262 e. The fourth-order valence-electron chi connectivity index (χ4n) is 2.40. The lowest BCUT2D eigenvalue weighted by atomic mass is 10.2. The molecule has 1 amide bonds. The number of hydrogen-bond donors (Lipinski definition) is 1. The van der Waals surface area contributed by atoms with E-state index >= 15 is 0 Å². The molecule has 25 heavy (non-hydrogen) atoms. The van der Waals surface area contributed by atoms with Gasteiger partial charge in [0.2, 0.25) is 5.91 Å². The first-order chi connectivity index (χ1) is 11.7. The van der Waals surface area contributed by atoms with E-state index in [1.165, 1.54) is 11.8 Å². The van der Waals surface area contributed by atoms with Crippen molar-refractivity contribution in [3.8, 4) is 0 Å². The molecule has 0 saturated heterocycles. The van der Waals surface area contributed by atoms with Gasteiger partial charge in [0.25, 0.3) is 5.56 Å². The number of carbonyl (C=O) groups is 1. The van der Waals surface area contributed by atoms with Crippen molar-refractivity contribution >= 4 is 44.5 Å². The summed E-state index contributed by atoms with van der Waals surface area (Å²) in [6.07, 6.45) is 0. The molecular formula is C18H24BrN3O2S. The zero-order valence-corrected chi connectivity index (χ0v) is 17.6. The van der Waals surface area contributed by atoms with Gasteiger partial charge in [0, 0.05) is 17.1 Å². The van der Waals surface area contributed by atoms with E-state index in [1.807, 2.05) is 32.9 Å². The molecule has 1 atom stereocenters. The molecular weight excluding hydrogens is 402 g/mol. The third-order valence-electron chi connectivity index (χ3n) is 3.51. The number of halogens is 1. The molecule has 1 N–H and O–H groups in total. The number of thioether (sulfide) groups is 1. The summed E-state index contributed by atoms with van der Waals surface area (Å²) in [5, 5.41) is 3.73. The molecule has 7 heteroatoms. The Balaban J connectivity index is 2.48. The van der Waals surface area contributed by atoms with E-state index in [-0.39, 0.29) is 22.8 Å². The topological polar surface area (TPSA) is 64.0 Å². The van der Waals surface area contributed by atoms with Crippen LogP contribution in [0.3, 0.4) is 0 Å². The molecule has 2 rings (SSSR count). The summed E-state index contributed by atoms with van der Waals surface area (Å²) in [7, 11) is 0. The average molecular weight is 426 g/mol. The van der Waals surface area contributed by atoms with Gasteiger partial charge in [-0.3, -0.25) is 14.2 Å². The first-order valence-electron chi connectivity index (χ1n) is 8.36. The number of amides is 1. The second-order valence-electron chi connectivity index (χ2n) is 6.79. The zero-order valence-electron chi connectivity index (χ0n) is 15.2. The number of rotatable bonds is 6. The van der Waals surface area contributed by atoms with E-state index in [1.54, 1.807) is 10.6 Å². The van der Waals surface area contributed by atoms with Crippen LogP contribution in [-0.4, -0.2) is 26.8 Å². The summed E-state index contributed by atoms with van der Waals surface area (Å²) >= 11 is 4.73. The van der Waals surface area contributed by atoms with Crippen molar-refractivity contribution < 1.29 is 4.79 Å². The molecule has 1 aromatic carbocycles. The van der Waals surface area contributed by atoms with Crippen LogP contribution < -0.4 is 10.9 Å². The molecule has 0 bridgehead atoms. The highest BCUT2D eigenvalue weighted by Crippen LogP contribution is 2.24. The van der Waals surface area contributed by atoms with E-state index in [4.69, 9.17) is 0 Å². The normalized spacial score (nSPS) is 12.8. The lowest BCUT2D eigenvalue weighted by Gasteiger charge is -2.18. The Hall–Kier alpha value is -1.34. The Morgan fingerprint density at radius 3 is 2.56 bits per heavy atom. The van der Waals surface area contributed by atoms with Crippen molar-refractivity contribution in [2.75, 3.05) is 0 Å². The Kier molecular flexibility index (Phi) is 6.68. The predicted octanol–water partition coefficient (Wildman–Crippen LogP) is 3.82. The lowest BCUT2D eigenvalue weighted by molar-refractivity contribution is -0.120. The first kappa shape index (κ1) is 20.0. The van der Waals surface area contributed by atoms with Crippen LogP contribution in [0.2, 0.25) is 0 Å². The quantitative estimate of drug-likeness (QED) is 0.564. The number of hydrogen-bond acceptors (Lipinski definition) is 4. The van der Waals surface area contributed by atoms with Gasteiger partial charge in [-0.1, -0.05) is 41.5 Å². The first-order valence-corrected chi connectivity index (χ1v) is 10.0. The maximum absolute atomic E-state index is 13.0. The highest BCUT2D eigenvalue weighted by atomic mass is 79.9. The number of aromatic nitrogens is 2. The molecule has 5 nitrogen and oxygen atoms in total. The van der Waals surface area contributed by atoms with Gasteiger partial charge in [0.05, 0.1) is 16.2 Å². The van der Waals surface area contributed by atoms with E-state index < -0.39 is 0 Å². The van der Waals surface area contributed by atoms with E-state index in [0.717, 1.165) is 4.47 Å². The monoisotopic (exact) mass is 425 g/mol. The molecule has 0 unspecified atom stereocenters. The minimum absolute atomic E-state index is 0.0544. The standard InChI is InChI=1S/C18H24BrN3O2S/c1-10(2)9-22-17(24)14-8-13(19)6-7-15(14)21-18(22)25-12(5)16(23)20-11(3)4/h6-8,10-12H,9H2,1-5H3,(H,20,23)/t12-/m0/s1. The molecule has 1 aromatic heterocycles. The van der Waals surface area contributed by atoms with Gasteiger partial charge in [0.15, 0.2) is 5.16 Å². The van der Waals surface area contributed by atoms with Crippen LogP contribution >= 0.6 is 27.7 Å². The SMILES string of the molecule is CC(C)Cn1c(S[C@@H](C)C(=O)NC(C)C)nc2ccc(Br)cc2c1=O. The van der Waals surface area contributed by atoms with Crippen molar-refractivity contribution in [3.05, 3.63) is 33.0 Å². The van der Waals surface area contributed by atoms with Crippen molar-refractivity contribution in [1.29, 1.82) is 0 Å². The van der Waals surface area contributed by atoms with Crippen molar-refractivity contribution in [1.82, 2.24) is 14.9 Å². The minimum Gasteiger partial charge on any atom is -0.353 e. The number of nitrogens with zero attached hydrogens (tertiary/aromatic N) is 2. The summed E-state index contributed by atoms with van der Waals surface area (Å²) in [5.41, 5.74) is 0.575. The molecule has 0 fully saturated rings. The molecule has 2 aromatic rings. The average Bonchev–Trinajstić information content (AvgIpc) is 2.51.